The highest BCUT2D eigenvalue weighted by Gasteiger charge is 2.20. The molecule has 1 aliphatic rings. The maximum atomic E-state index is 14.0. The van der Waals surface area contributed by atoms with E-state index >= 15 is 0 Å². The van der Waals surface area contributed by atoms with Gasteiger partial charge in [-0.15, -0.1) is 0 Å². The molecule has 10 heteroatoms. The lowest BCUT2D eigenvalue weighted by molar-refractivity contribution is -0.137. The van der Waals surface area contributed by atoms with Crippen LogP contribution in [0.15, 0.2) is 76.6 Å². The van der Waals surface area contributed by atoms with Crippen LogP contribution in [0.25, 0.3) is 28.0 Å². The molecule has 1 saturated heterocycles. The van der Waals surface area contributed by atoms with Crippen LogP contribution in [-0.4, -0.2) is 70.8 Å². The number of aromatic nitrogens is 3. The number of hydrogen-bond donors (Lipinski definition) is 0. The van der Waals surface area contributed by atoms with Crippen molar-refractivity contribution in [2.75, 3.05) is 39.5 Å². The molecule has 0 atom stereocenters. The van der Waals surface area contributed by atoms with Gasteiger partial charge in [0.2, 0.25) is 0 Å². The maximum absolute atomic E-state index is 14.0. The minimum Gasteiger partial charge on any atom is -0.494 e. The molecule has 0 saturated carbocycles. The summed E-state index contributed by atoms with van der Waals surface area (Å²) in [6, 6.07) is 21.2. The second kappa shape index (κ2) is 14.5. The predicted molar refractivity (Wildman–Crippen MR) is 193 cm³/mol. The number of rotatable bonds is 10. The highest BCUT2D eigenvalue weighted by molar-refractivity contribution is 5.84. The van der Waals surface area contributed by atoms with E-state index in [1.54, 1.807) is 17.2 Å². The van der Waals surface area contributed by atoms with E-state index in [4.69, 9.17) is 24.3 Å². The Balaban J connectivity index is 1.32. The van der Waals surface area contributed by atoms with Crippen LogP contribution in [0.3, 0.4) is 0 Å². The van der Waals surface area contributed by atoms with Crippen molar-refractivity contribution >= 4 is 23.0 Å². The summed E-state index contributed by atoms with van der Waals surface area (Å²) in [5.74, 6) is 2.09. The summed E-state index contributed by atoms with van der Waals surface area (Å²) < 4.78 is 20.6. The van der Waals surface area contributed by atoms with E-state index in [0.29, 0.717) is 55.4 Å². The van der Waals surface area contributed by atoms with Gasteiger partial charge in [-0.25, -0.2) is 4.98 Å². The summed E-state index contributed by atoms with van der Waals surface area (Å²) in [5.41, 5.74) is 6.95. The molecule has 1 aliphatic heterocycles. The highest BCUT2D eigenvalue weighted by atomic mass is 16.5. The van der Waals surface area contributed by atoms with E-state index in [1.807, 2.05) is 82.3 Å². The van der Waals surface area contributed by atoms with Crippen molar-refractivity contribution in [1.29, 1.82) is 0 Å². The zero-order chi connectivity index (χ0) is 34.7. The molecule has 0 N–H and O–H groups in total. The van der Waals surface area contributed by atoms with Crippen molar-refractivity contribution in [3.05, 3.63) is 105 Å². The molecular weight excluding hydrogens is 618 g/mol. The molecule has 10 nitrogen and oxygen atoms in total. The van der Waals surface area contributed by atoms with Gasteiger partial charge < -0.3 is 23.7 Å². The largest absolute Gasteiger partial charge is 0.494 e. The lowest BCUT2D eigenvalue weighted by atomic mass is 9.96. The van der Waals surface area contributed by atoms with Gasteiger partial charge in [0, 0.05) is 41.3 Å². The Hall–Kier alpha value is -5.22. The van der Waals surface area contributed by atoms with Crippen LogP contribution in [0, 0.1) is 20.8 Å². The van der Waals surface area contributed by atoms with Crippen LogP contribution >= 0.6 is 0 Å². The van der Waals surface area contributed by atoms with Gasteiger partial charge in [-0.2, -0.15) is 9.78 Å². The number of aryl methyl sites for hydroxylation is 2. The van der Waals surface area contributed by atoms with Crippen LogP contribution in [0.5, 0.6) is 11.5 Å². The summed E-state index contributed by atoms with van der Waals surface area (Å²) in [6.07, 6.45) is 1.72. The Bertz CT molecular complexity index is 2070. The Morgan fingerprint density at radius 2 is 1.73 bits per heavy atom. The fourth-order valence-corrected chi connectivity index (χ4v) is 6.25. The third-order valence-electron chi connectivity index (χ3n) is 8.88. The molecule has 0 bridgehead atoms. The minimum atomic E-state index is -0.243. The second-order valence-corrected chi connectivity index (χ2v) is 12.5. The first-order valence-electron chi connectivity index (χ1n) is 16.8. The number of hydrogen-bond acceptors (Lipinski definition) is 7. The lowest BCUT2D eigenvalue weighted by Crippen LogP contribution is -2.42. The lowest BCUT2D eigenvalue weighted by Gasteiger charge is -2.26. The van der Waals surface area contributed by atoms with Gasteiger partial charge in [-0.3, -0.25) is 9.59 Å². The molecule has 1 fully saturated rings. The molecule has 0 unspecified atom stereocenters. The number of ether oxygens (including phenoxy) is 3. The van der Waals surface area contributed by atoms with Crippen LogP contribution in [0.2, 0.25) is 0 Å². The number of carbonyl (C=O) groups is 1. The molecule has 0 aliphatic carbocycles. The average Bonchev–Trinajstić information content (AvgIpc) is 3.39. The summed E-state index contributed by atoms with van der Waals surface area (Å²) in [7, 11) is 0. The summed E-state index contributed by atoms with van der Waals surface area (Å²) in [4.78, 5) is 33.2. The van der Waals surface area contributed by atoms with E-state index < -0.39 is 0 Å². The third kappa shape index (κ3) is 7.00. The van der Waals surface area contributed by atoms with Crippen LogP contribution in [-0.2, 0) is 9.53 Å². The number of morpholine rings is 1. The van der Waals surface area contributed by atoms with Gasteiger partial charge in [-0.05, 0) is 99.3 Å². The number of para-hydroxylation sites is 1. The van der Waals surface area contributed by atoms with Crippen molar-refractivity contribution in [3.63, 3.8) is 0 Å². The highest BCUT2D eigenvalue weighted by Crippen LogP contribution is 2.34. The zero-order valence-electron chi connectivity index (χ0n) is 29.0. The van der Waals surface area contributed by atoms with Crippen molar-refractivity contribution in [1.82, 2.24) is 19.1 Å². The van der Waals surface area contributed by atoms with Crippen molar-refractivity contribution in [2.45, 2.75) is 47.5 Å². The molecule has 1 amide bonds. The molecule has 3 aromatic carbocycles. The number of fused-ring (bicyclic) bond motifs is 1. The summed E-state index contributed by atoms with van der Waals surface area (Å²) in [5, 5.41) is 5.28. The molecule has 0 spiro atoms. The number of benzene rings is 3. The SMILES string of the molecule is CCOc1cc(C)c(-c2nc3ccccc3c(=O)n2N=Cc2cc(C)n(-c3ccc(OCC(=O)N4CCOCC4)cc3)c2C)cc1C(C)C. The maximum Gasteiger partial charge on any atom is 0.282 e. The quantitative estimate of drug-likeness (QED) is 0.160. The van der Waals surface area contributed by atoms with E-state index in [2.05, 4.69) is 24.5 Å². The van der Waals surface area contributed by atoms with Crippen molar-refractivity contribution in [2.24, 2.45) is 5.10 Å². The van der Waals surface area contributed by atoms with Gasteiger partial charge >= 0.3 is 0 Å². The molecular formula is C39H43N5O5. The average molecular weight is 662 g/mol. The van der Waals surface area contributed by atoms with Crippen LogP contribution < -0.4 is 15.0 Å². The van der Waals surface area contributed by atoms with Crippen LogP contribution in [0.1, 0.15) is 54.8 Å². The molecule has 49 heavy (non-hydrogen) atoms. The minimum absolute atomic E-state index is 0.0124. The fraction of sp³-hybridized carbons (Fsp3) is 0.333. The Labute approximate surface area is 286 Å². The van der Waals surface area contributed by atoms with Crippen molar-refractivity contribution < 1.29 is 19.0 Å². The molecule has 0 radical (unpaired) electrons. The topological polar surface area (TPSA) is 100 Å². The zero-order valence-corrected chi connectivity index (χ0v) is 29.0. The Morgan fingerprint density at radius 1 is 1.00 bits per heavy atom. The monoisotopic (exact) mass is 661 g/mol. The van der Waals surface area contributed by atoms with Gasteiger partial charge in [0.05, 0.1) is 36.9 Å². The van der Waals surface area contributed by atoms with Gasteiger partial charge in [-0.1, -0.05) is 26.0 Å². The van der Waals surface area contributed by atoms with E-state index in [9.17, 15) is 9.59 Å². The standard InChI is InChI=1S/C39H43N5O5/c1-7-48-36-20-26(4)34(22-33(36)25(2)3)38-41-35-11-9-8-10-32(35)39(46)44(38)40-23-29-21-27(5)43(28(29)6)30-12-14-31(15-13-30)49-24-37(45)42-16-18-47-19-17-42/h8-15,20-23,25H,7,16-19,24H2,1-6H3. The summed E-state index contributed by atoms with van der Waals surface area (Å²) >= 11 is 0. The number of nitrogens with zero attached hydrogens (tertiary/aromatic N) is 5. The number of carbonyl (C=O) groups excluding carboxylic acids is 1. The van der Waals surface area contributed by atoms with Gasteiger partial charge in [0.1, 0.15) is 11.5 Å². The Kier molecular flexibility index (Phi) is 9.96. The van der Waals surface area contributed by atoms with Gasteiger partial charge in [0.15, 0.2) is 12.4 Å². The predicted octanol–water partition coefficient (Wildman–Crippen LogP) is 6.42. The molecule has 254 valence electrons. The molecule has 2 aromatic heterocycles. The number of amides is 1. The molecule has 5 aromatic rings. The normalized spacial score (nSPS) is 13.5. The first-order valence-corrected chi connectivity index (χ1v) is 16.8. The second-order valence-electron chi connectivity index (χ2n) is 12.5. The first kappa shape index (κ1) is 33.7. The van der Waals surface area contributed by atoms with E-state index in [0.717, 1.165) is 45.1 Å². The third-order valence-corrected chi connectivity index (χ3v) is 8.88. The van der Waals surface area contributed by atoms with E-state index in [-0.39, 0.29) is 24.0 Å². The molecule has 3 heterocycles. The smallest absolute Gasteiger partial charge is 0.282 e. The molecule has 6 rings (SSSR count). The first-order chi connectivity index (χ1) is 23.7. The Morgan fingerprint density at radius 3 is 2.45 bits per heavy atom. The fourth-order valence-electron chi connectivity index (χ4n) is 6.25. The summed E-state index contributed by atoms with van der Waals surface area (Å²) in [6.45, 7) is 15.1. The van der Waals surface area contributed by atoms with Gasteiger partial charge in [0.25, 0.3) is 11.5 Å². The van der Waals surface area contributed by atoms with Crippen molar-refractivity contribution in [3.8, 4) is 28.6 Å². The van der Waals surface area contributed by atoms with Crippen LogP contribution in [0.4, 0.5) is 0 Å². The van der Waals surface area contributed by atoms with E-state index in [1.165, 1.54) is 4.68 Å².